The van der Waals surface area contributed by atoms with Gasteiger partial charge in [-0.3, -0.25) is 4.98 Å². The number of aromatic amines is 1. The number of ether oxygens (including phenoxy) is 1. The first-order chi connectivity index (χ1) is 9.74. The average molecular weight is 288 g/mol. The molecule has 0 bridgehead atoms. The van der Waals surface area contributed by atoms with E-state index in [0.717, 1.165) is 21.8 Å². The molecule has 7 heteroatoms. The molecule has 20 heavy (non-hydrogen) atoms. The van der Waals surface area contributed by atoms with Crippen molar-refractivity contribution >= 4 is 17.4 Å². The lowest BCUT2D eigenvalue weighted by atomic mass is 10.1. The summed E-state index contributed by atoms with van der Waals surface area (Å²) >= 11 is 1.62. The Balaban J connectivity index is 2.21. The molecule has 0 aliphatic rings. The van der Waals surface area contributed by atoms with E-state index in [4.69, 9.17) is 4.74 Å². The fourth-order valence-corrected chi connectivity index (χ4v) is 2.58. The van der Waals surface area contributed by atoms with Crippen molar-refractivity contribution in [2.45, 2.75) is 4.90 Å². The molecule has 102 valence electrons. The molecule has 0 saturated carbocycles. The Morgan fingerprint density at radius 2 is 2.25 bits per heavy atom. The highest BCUT2D eigenvalue weighted by atomic mass is 32.2. The van der Waals surface area contributed by atoms with Crippen molar-refractivity contribution in [3.8, 4) is 16.9 Å². The van der Waals surface area contributed by atoms with E-state index in [-0.39, 0.29) is 5.69 Å². The number of rotatable bonds is 3. The van der Waals surface area contributed by atoms with Crippen LogP contribution in [-0.4, -0.2) is 32.9 Å². The number of aromatic nitrogens is 4. The SMILES string of the molecule is COc1cc(-c2cnn3c(=O)[nH]cnc23)ccc1SC. The van der Waals surface area contributed by atoms with Gasteiger partial charge in [-0.15, -0.1) is 11.8 Å². The van der Waals surface area contributed by atoms with Gasteiger partial charge < -0.3 is 4.74 Å². The van der Waals surface area contributed by atoms with E-state index in [1.807, 2.05) is 24.5 Å². The van der Waals surface area contributed by atoms with Crippen LogP contribution in [0.2, 0.25) is 0 Å². The van der Waals surface area contributed by atoms with E-state index in [1.54, 1.807) is 25.1 Å². The largest absolute Gasteiger partial charge is 0.496 e. The van der Waals surface area contributed by atoms with Gasteiger partial charge in [-0.25, -0.2) is 9.78 Å². The minimum Gasteiger partial charge on any atom is -0.496 e. The molecule has 6 nitrogen and oxygen atoms in total. The number of thioether (sulfide) groups is 1. The number of nitrogens with zero attached hydrogens (tertiary/aromatic N) is 3. The highest BCUT2D eigenvalue weighted by Crippen LogP contribution is 2.33. The topological polar surface area (TPSA) is 72.3 Å². The first kappa shape index (κ1) is 12.7. The Bertz CT molecular complexity index is 825. The Morgan fingerprint density at radius 3 is 3.00 bits per heavy atom. The molecule has 3 rings (SSSR count). The van der Waals surface area contributed by atoms with E-state index in [9.17, 15) is 4.79 Å². The van der Waals surface area contributed by atoms with Gasteiger partial charge in [0.25, 0.3) is 0 Å². The molecule has 0 radical (unpaired) electrons. The fourth-order valence-electron chi connectivity index (χ4n) is 2.03. The quantitative estimate of drug-likeness (QED) is 0.744. The summed E-state index contributed by atoms with van der Waals surface area (Å²) in [6.45, 7) is 0. The second-order valence-electron chi connectivity index (χ2n) is 4.07. The van der Waals surface area contributed by atoms with E-state index in [0.29, 0.717) is 5.65 Å². The molecule has 0 fully saturated rings. The minimum absolute atomic E-state index is 0.311. The molecule has 0 atom stereocenters. The van der Waals surface area contributed by atoms with Gasteiger partial charge in [-0.2, -0.15) is 9.61 Å². The zero-order chi connectivity index (χ0) is 14.1. The molecule has 2 aromatic heterocycles. The lowest BCUT2D eigenvalue weighted by Gasteiger charge is -2.07. The van der Waals surface area contributed by atoms with Gasteiger partial charge in [-0.1, -0.05) is 6.07 Å². The summed E-state index contributed by atoms with van der Waals surface area (Å²) in [5.41, 5.74) is 1.91. The summed E-state index contributed by atoms with van der Waals surface area (Å²) in [6.07, 6.45) is 5.00. The maximum absolute atomic E-state index is 11.6. The van der Waals surface area contributed by atoms with Gasteiger partial charge in [-0.05, 0) is 24.0 Å². The smallest absolute Gasteiger partial charge is 0.349 e. The molecule has 2 heterocycles. The molecule has 0 unspecified atom stereocenters. The predicted molar refractivity (Wildman–Crippen MR) is 77.4 cm³/mol. The maximum atomic E-state index is 11.6. The number of benzene rings is 1. The molecular weight excluding hydrogens is 276 g/mol. The van der Waals surface area contributed by atoms with Gasteiger partial charge in [0, 0.05) is 10.5 Å². The van der Waals surface area contributed by atoms with Crippen LogP contribution in [0.1, 0.15) is 0 Å². The summed E-state index contributed by atoms with van der Waals surface area (Å²) in [5.74, 6) is 0.791. The first-order valence-corrected chi connectivity index (χ1v) is 7.11. The van der Waals surface area contributed by atoms with Gasteiger partial charge in [0.2, 0.25) is 0 Å². The monoisotopic (exact) mass is 288 g/mol. The number of hydrogen-bond acceptors (Lipinski definition) is 5. The third kappa shape index (κ3) is 1.96. The molecular formula is C13H12N4O2S. The normalized spacial score (nSPS) is 10.9. The van der Waals surface area contributed by atoms with Gasteiger partial charge >= 0.3 is 5.69 Å². The van der Waals surface area contributed by atoms with Crippen LogP contribution in [0, 0.1) is 0 Å². The maximum Gasteiger partial charge on any atom is 0.349 e. The van der Waals surface area contributed by atoms with Gasteiger partial charge in [0.1, 0.15) is 5.75 Å². The van der Waals surface area contributed by atoms with Crippen molar-refractivity contribution in [3.05, 3.63) is 41.2 Å². The molecule has 0 amide bonds. The number of methoxy groups -OCH3 is 1. The molecule has 0 spiro atoms. The number of fused-ring (bicyclic) bond motifs is 1. The van der Waals surface area contributed by atoms with Crippen LogP contribution in [0.5, 0.6) is 5.75 Å². The Morgan fingerprint density at radius 1 is 1.40 bits per heavy atom. The van der Waals surface area contributed by atoms with Crippen LogP contribution in [0.25, 0.3) is 16.8 Å². The second-order valence-corrected chi connectivity index (χ2v) is 4.92. The van der Waals surface area contributed by atoms with Crippen molar-refractivity contribution in [2.24, 2.45) is 0 Å². The van der Waals surface area contributed by atoms with Crippen LogP contribution in [0.3, 0.4) is 0 Å². The molecule has 0 aliphatic carbocycles. The summed E-state index contributed by atoms with van der Waals surface area (Å²) in [4.78, 5) is 19.3. The first-order valence-electron chi connectivity index (χ1n) is 5.88. The third-order valence-electron chi connectivity index (χ3n) is 3.01. The zero-order valence-corrected chi connectivity index (χ0v) is 11.8. The van der Waals surface area contributed by atoms with Crippen molar-refractivity contribution in [2.75, 3.05) is 13.4 Å². The summed E-state index contributed by atoms with van der Waals surface area (Å²) < 4.78 is 6.61. The Hall–Kier alpha value is -2.28. The lowest BCUT2D eigenvalue weighted by Crippen LogP contribution is -2.17. The summed E-state index contributed by atoms with van der Waals surface area (Å²) in [5, 5.41) is 4.06. The lowest BCUT2D eigenvalue weighted by molar-refractivity contribution is 0.405. The van der Waals surface area contributed by atoms with E-state index < -0.39 is 0 Å². The van der Waals surface area contributed by atoms with E-state index in [2.05, 4.69) is 15.1 Å². The molecule has 0 aliphatic heterocycles. The van der Waals surface area contributed by atoms with Crippen molar-refractivity contribution in [3.63, 3.8) is 0 Å². The van der Waals surface area contributed by atoms with E-state index in [1.165, 1.54) is 10.8 Å². The van der Waals surface area contributed by atoms with Crippen LogP contribution >= 0.6 is 11.8 Å². The Kier molecular flexibility index (Phi) is 3.19. The van der Waals surface area contributed by atoms with Crippen molar-refractivity contribution in [1.29, 1.82) is 0 Å². The average Bonchev–Trinajstić information content (AvgIpc) is 2.92. The van der Waals surface area contributed by atoms with Crippen molar-refractivity contribution in [1.82, 2.24) is 19.6 Å². The third-order valence-corrected chi connectivity index (χ3v) is 3.78. The van der Waals surface area contributed by atoms with E-state index >= 15 is 0 Å². The molecule has 3 aromatic rings. The van der Waals surface area contributed by atoms with Crippen LogP contribution in [0.4, 0.5) is 0 Å². The number of hydrogen-bond donors (Lipinski definition) is 1. The summed E-state index contributed by atoms with van der Waals surface area (Å²) in [6, 6.07) is 5.87. The zero-order valence-electron chi connectivity index (χ0n) is 11.0. The second kappa shape index (κ2) is 5.01. The standard InChI is InChI=1S/C13H12N4O2S/c1-19-10-5-8(3-4-11(10)20-2)9-6-16-17-12(9)14-7-15-13(17)18/h3-7H,1-2H3,(H,14,15,18). The predicted octanol–water partition coefficient (Wildman–Crippen LogP) is 1.82. The number of nitrogens with one attached hydrogen (secondary N) is 1. The minimum atomic E-state index is -0.311. The van der Waals surface area contributed by atoms with Crippen molar-refractivity contribution < 1.29 is 4.74 Å². The highest BCUT2D eigenvalue weighted by molar-refractivity contribution is 7.98. The molecule has 0 saturated heterocycles. The highest BCUT2D eigenvalue weighted by Gasteiger charge is 2.12. The van der Waals surface area contributed by atoms with Gasteiger partial charge in [0.05, 0.1) is 19.6 Å². The number of H-pyrrole nitrogens is 1. The summed E-state index contributed by atoms with van der Waals surface area (Å²) in [7, 11) is 1.64. The van der Waals surface area contributed by atoms with Crippen LogP contribution in [-0.2, 0) is 0 Å². The molecule has 1 N–H and O–H groups in total. The van der Waals surface area contributed by atoms with Gasteiger partial charge in [0.15, 0.2) is 5.65 Å². The fraction of sp³-hybridized carbons (Fsp3) is 0.154. The molecule has 1 aromatic carbocycles. The van der Waals surface area contributed by atoms with Crippen LogP contribution < -0.4 is 10.4 Å². The Labute approximate surface area is 118 Å². The van der Waals surface area contributed by atoms with Crippen LogP contribution in [0.15, 0.2) is 40.4 Å².